The van der Waals surface area contributed by atoms with E-state index in [4.69, 9.17) is 9.47 Å². The Hall–Kier alpha value is -1.04. The third-order valence-electron chi connectivity index (χ3n) is 3.19. The number of benzene rings is 1. The van der Waals surface area contributed by atoms with Crippen molar-refractivity contribution < 1.29 is 9.47 Å². The van der Waals surface area contributed by atoms with Crippen LogP contribution in [0.1, 0.15) is 10.8 Å². The van der Waals surface area contributed by atoms with Crippen LogP contribution in [0.25, 0.3) is 0 Å². The molecule has 0 bridgehead atoms. The smallest absolute Gasteiger partial charge is 0.157 e. The van der Waals surface area contributed by atoms with Gasteiger partial charge in [0.2, 0.25) is 0 Å². The van der Waals surface area contributed by atoms with Crippen LogP contribution in [0.3, 0.4) is 0 Å². The molecule has 2 aliphatic rings. The fourth-order valence-corrected chi connectivity index (χ4v) is 3.20. The molecule has 0 amide bonds. The molecule has 2 heterocycles. The Kier molecular flexibility index (Phi) is 4.37. The molecule has 0 saturated carbocycles. The van der Waals surface area contributed by atoms with Crippen molar-refractivity contribution in [1.82, 2.24) is 5.32 Å². The molecule has 2 atom stereocenters. The van der Waals surface area contributed by atoms with Gasteiger partial charge in [-0.25, -0.2) is 0 Å². The number of ether oxygens (including phenoxy) is 2. The van der Waals surface area contributed by atoms with Gasteiger partial charge in [0.15, 0.2) is 5.17 Å². The summed E-state index contributed by atoms with van der Waals surface area (Å²) in [6, 6.07) is 10.5. The predicted octanol–water partition coefficient (Wildman–Crippen LogP) is 1.84. The van der Waals surface area contributed by atoms with Crippen LogP contribution in [0.2, 0.25) is 0 Å². The highest BCUT2D eigenvalue weighted by molar-refractivity contribution is 8.14. The molecule has 1 saturated heterocycles. The molecule has 1 aromatic carbocycles. The molecular formula is C14H18N2O2S. The van der Waals surface area contributed by atoms with E-state index < -0.39 is 0 Å². The van der Waals surface area contributed by atoms with Crippen LogP contribution in [0.15, 0.2) is 35.3 Å². The second-order valence-electron chi connectivity index (χ2n) is 4.61. The summed E-state index contributed by atoms with van der Waals surface area (Å²) in [5.74, 6) is 0. The Labute approximate surface area is 117 Å². The number of amidine groups is 1. The lowest BCUT2D eigenvalue weighted by atomic mass is 10.1. The minimum absolute atomic E-state index is 0.146. The van der Waals surface area contributed by atoms with E-state index in [1.165, 1.54) is 5.56 Å². The predicted molar refractivity (Wildman–Crippen MR) is 77.6 cm³/mol. The lowest BCUT2D eigenvalue weighted by Crippen LogP contribution is -2.38. The van der Waals surface area contributed by atoms with Crippen LogP contribution in [-0.4, -0.2) is 44.2 Å². The van der Waals surface area contributed by atoms with E-state index in [0.717, 1.165) is 18.3 Å². The van der Waals surface area contributed by atoms with E-state index in [2.05, 4.69) is 34.6 Å². The number of nitrogens with zero attached hydrogens (tertiary/aromatic N) is 1. The fourth-order valence-electron chi connectivity index (χ4n) is 2.17. The summed E-state index contributed by atoms with van der Waals surface area (Å²) in [5, 5.41) is 4.81. The van der Waals surface area contributed by atoms with Gasteiger partial charge in [0, 0.05) is 6.54 Å². The van der Waals surface area contributed by atoms with Crippen molar-refractivity contribution in [1.29, 1.82) is 0 Å². The molecule has 0 radical (unpaired) electrons. The molecule has 4 nitrogen and oxygen atoms in total. The summed E-state index contributed by atoms with van der Waals surface area (Å²) in [7, 11) is 0. The van der Waals surface area contributed by atoms with Gasteiger partial charge in [-0.05, 0) is 5.56 Å². The Morgan fingerprint density at radius 1 is 1.26 bits per heavy atom. The highest BCUT2D eigenvalue weighted by Gasteiger charge is 2.22. The molecule has 2 unspecified atom stereocenters. The van der Waals surface area contributed by atoms with Crippen molar-refractivity contribution >= 4 is 16.9 Å². The molecular weight excluding hydrogens is 260 g/mol. The fraction of sp³-hybridized carbons (Fsp3) is 0.500. The summed E-state index contributed by atoms with van der Waals surface area (Å²) < 4.78 is 11.0. The minimum atomic E-state index is 0.146. The molecule has 1 fully saturated rings. The van der Waals surface area contributed by atoms with Crippen molar-refractivity contribution in [3.8, 4) is 0 Å². The lowest BCUT2D eigenvalue weighted by Gasteiger charge is -2.23. The number of hydrogen-bond acceptors (Lipinski definition) is 5. The molecule has 3 rings (SSSR count). The number of aliphatic imine (C=N–C) groups is 1. The first-order chi connectivity index (χ1) is 9.42. The molecule has 5 heteroatoms. The second kappa shape index (κ2) is 6.41. The first-order valence-electron chi connectivity index (χ1n) is 6.61. The molecule has 1 N–H and O–H groups in total. The molecule has 1 aromatic rings. The maximum absolute atomic E-state index is 5.60. The Morgan fingerprint density at radius 2 is 2.16 bits per heavy atom. The van der Waals surface area contributed by atoms with Crippen LogP contribution in [0.4, 0.5) is 0 Å². The molecule has 0 aliphatic carbocycles. The quantitative estimate of drug-likeness (QED) is 0.916. The number of hydrogen-bond donors (Lipinski definition) is 1. The van der Waals surface area contributed by atoms with Gasteiger partial charge in [-0.1, -0.05) is 42.1 Å². The third-order valence-corrected chi connectivity index (χ3v) is 4.39. The van der Waals surface area contributed by atoms with Crippen molar-refractivity contribution in [2.45, 2.75) is 11.4 Å². The summed E-state index contributed by atoms with van der Waals surface area (Å²) in [6.45, 7) is 3.69. The highest BCUT2D eigenvalue weighted by Crippen LogP contribution is 2.34. The van der Waals surface area contributed by atoms with Crippen LogP contribution in [0.5, 0.6) is 0 Å². The van der Waals surface area contributed by atoms with Crippen molar-refractivity contribution in [3.63, 3.8) is 0 Å². The van der Waals surface area contributed by atoms with Crippen molar-refractivity contribution in [2.75, 3.05) is 32.9 Å². The van der Waals surface area contributed by atoms with E-state index in [1.54, 1.807) is 11.8 Å². The van der Waals surface area contributed by atoms with Gasteiger partial charge in [0.05, 0.1) is 37.7 Å². The van der Waals surface area contributed by atoms with E-state index >= 15 is 0 Å². The Morgan fingerprint density at radius 3 is 2.95 bits per heavy atom. The van der Waals surface area contributed by atoms with Crippen LogP contribution in [0, 0.1) is 0 Å². The van der Waals surface area contributed by atoms with Crippen molar-refractivity contribution in [3.05, 3.63) is 35.9 Å². The zero-order valence-electron chi connectivity index (χ0n) is 10.7. The summed E-state index contributed by atoms with van der Waals surface area (Å²) >= 11 is 1.79. The average Bonchev–Trinajstić information content (AvgIpc) is 2.96. The van der Waals surface area contributed by atoms with Gasteiger partial charge in [0.1, 0.15) is 0 Å². The number of rotatable bonds is 3. The largest absolute Gasteiger partial charge is 0.376 e. The van der Waals surface area contributed by atoms with Crippen LogP contribution < -0.4 is 5.32 Å². The Balaban J connectivity index is 1.46. The van der Waals surface area contributed by atoms with Crippen LogP contribution in [-0.2, 0) is 9.47 Å². The summed E-state index contributed by atoms with van der Waals surface area (Å²) in [6.07, 6.45) is 0.146. The molecule has 19 heavy (non-hydrogen) atoms. The maximum Gasteiger partial charge on any atom is 0.157 e. The molecule has 102 valence electrons. The number of thioether (sulfide) groups is 1. The molecule has 0 aromatic heterocycles. The third kappa shape index (κ3) is 3.49. The Bertz CT molecular complexity index is 432. The zero-order chi connectivity index (χ0) is 12.9. The summed E-state index contributed by atoms with van der Waals surface area (Å²) in [4.78, 5) is 4.55. The van der Waals surface area contributed by atoms with Crippen molar-refractivity contribution in [2.24, 2.45) is 4.99 Å². The van der Waals surface area contributed by atoms with Crippen LogP contribution >= 0.6 is 11.8 Å². The van der Waals surface area contributed by atoms with E-state index in [9.17, 15) is 0 Å². The normalized spacial score (nSPS) is 27.1. The molecule has 2 aliphatic heterocycles. The van der Waals surface area contributed by atoms with E-state index in [-0.39, 0.29) is 6.10 Å². The van der Waals surface area contributed by atoms with Gasteiger partial charge in [0.25, 0.3) is 0 Å². The SMILES string of the molecule is c1ccc(C2CN=C(NCC3COCCO3)S2)cc1. The van der Waals surface area contributed by atoms with Gasteiger partial charge < -0.3 is 14.8 Å². The second-order valence-corrected chi connectivity index (χ2v) is 5.80. The van der Waals surface area contributed by atoms with Gasteiger partial charge in [-0.2, -0.15) is 0 Å². The van der Waals surface area contributed by atoms with Gasteiger partial charge >= 0.3 is 0 Å². The lowest BCUT2D eigenvalue weighted by molar-refractivity contribution is -0.0849. The highest BCUT2D eigenvalue weighted by atomic mass is 32.2. The standard InChI is InChI=1S/C14H18N2O2S/c1-2-4-11(5-3-1)13-9-16-14(19-13)15-8-12-10-17-6-7-18-12/h1-5,12-13H,6-10H2,(H,15,16). The maximum atomic E-state index is 5.60. The average molecular weight is 278 g/mol. The van der Waals surface area contributed by atoms with E-state index in [0.29, 0.717) is 25.1 Å². The van der Waals surface area contributed by atoms with E-state index in [1.807, 2.05) is 6.07 Å². The topological polar surface area (TPSA) is 42.9 Å². The zero-order valence-corrected chi connectivity index (χ0v) is 11.6. The first-order valence-corrected chi connectivity index (χ1v) is 7.49. The summed E-state index contributed by atoms with van der Waals surface area (Å²) in [5.41, 5.74) is 1.34. The molecule has 0 spiro atoms. The monoisotopic (exact) mass is 278 g/mol. The number of nitrogens with one attached hydrogen (secondary N) is 1. The first kappa shape index (κ1) is 13.0. The van der Waals surface area contributed by atoms with Gasteiger partial charge in [-0.15, -0.1) is 0 Å². The minimum Gasteiger partial charge on any atom is -0.376 e. The van der Waals surface area contributed by atoms with Gasteiger partial charge in [-0.3, -0.25) is 4.99 Å².